The zero-order valence-corrected chi connectivity index (χ0v) is 16.4. The van der Waals surface area contributed by atoms with Gasteiger partial charge in [0.05, 0.1) is 11.4 Å². The summed E-state index contributed by atoms with van der Waals surface area (Å²) in [4.78, 5) is 35.1. The molecule has 1 aromatic carbocycles. The van der Waals surface area contributed by atoms with Crippen molar-refractivity contribution in [1.29, 1.82) is 0 Å². The van der Waals surface area contributed by atoms with E-state index in [2.05, 4.69) is 10.1 Å². The van der Waals surface area contributed by atoms with Crippen LogP contribution in [0.1, 0.15) is 46.7 Å². The van der Waals surface area contributed by atoms with Crippen molar-refractivity contribution < 1.29 is 4.79 Å². The van der Waals surface area contributed by atoms with Crippen molar-refractivity contribution in [1.82, 2.24) is 24.6 Å². The highest BCUT2D eigenvalue weighted by Gasteiger charge is 2.45. The third-order valence-electron chi connectivity index (χ3n) is 6.22. The van der Waals surface area contributed by atoms with E-state index in [1.165, 1.54) is 0 Å². The number of fused-ring (bicyclic) bond motifs is 2. The summed E-state index contributed by atoms with van der Waals surface area (Å²) in [6, 6.07) is 9.42. The Morgan fingerprint density at radius 2 is 2.14 bits per heavy atom. The van der Waals surface area contributed by atoms with Gasteiger partial charge in [0.1, 0.15) is 5.82 Å². The molecule has 1 aliphatic carbocycles. The molecule has 148 valence electrons. The monoisotopic (exact) mass is 389 g/mol. The third kappa shape index (κ3) is 2.97. The Hall–Kier alpha value is -3.22. The Morgan fingerprint density at radius 3 is 2.97 bits per heavy atom. The van der Waals surface area contributed by atoms with Gasteiger partial charge in [0.2, 0.25) is 0 Å². The van der Waals surface area contributed by atoms with Gasteiger partial charge in [-0.2, -0.15) is 5.10 Å². The first-order chi connectivity index (χ1) is 14.1. The Kier molecular flexibility index (Phi) is 4.12. The van der Waals surface area contributed by atoms with Crippen molar-refractivity contribution in [3.05, 3.63) is 75.7 Å². The Balaban J connectivity index is 1.45. The Labute approximate surface area is 168 Å². The van der Waals surface area contributed by atoms with Gasteiger partial charge in [0.25, 0.3) is 11.5 Å². The van der Waals surface area contributed by atoms with Gasteiger partial charge in [0, 0.05) is 42.0 Å². The van der Waals surface area contributed by atoms with Crippen LogP contribution in [0.5, 0.6) is 0 Å². The molecule has 7 heteroatoms. The first kappa shape index (κ1) is 17.8. The normalized spacial score (nSPS) is 20.8. The van der Waals surface area contributed by atoms with Crippen molar-refractivity contribution in [3.8, 4) is 5.69 Å². The summed E-state index contributed by atoms with van der Waals surface area (Å²) in [5, 5.41) is 4.25. The number of carbonyl (C=O) groups is 1. The van der Waals surface area contributed by atoms with E-state index in [1.54, 1.807) is 10.9 Å². The predicted octanol–water partition coefficient (Wildman–Crippen LogP) is 2.38. The SMILES string of the molecule is Cc1nc2c(c(=O)[nH]1)CCC21CCCN(C(=O)c2cccc(-n3cccn3)c2)C1. The molecule has 29 heavy (non-hydrogen) atoms. The van der Waals surface area contributed by atoms with Crippen molar-refractivity contribution >= 4 is 5.91 Å². The summed E-state index contributed by atoms with van der Waals surface area (Å²) in [5.74, 6) is 0.665. The second-order valence-electron chi connectivity index (χ2n) is 8.09. The average Bonchev–Trinajstić information content (AvgIpc) is 3.37. The van der Waals surface area contributed by atoms with Crippen LogP contribution in [0.15, 0.2) is 47.5 Å². The van der Waals surface area contributed by atoms with Crippen molar-refractivity contribution in [2.45, 2.75) is 38.0 Å². The minimum atomic E-state index is -0.206. The number of benzene rings is 1. The van der Waals surface area contributed by atoms with Crippen LogP contribution in [0.3, 0.4) is 0 Å². The lowest BCUT2D eigenvalue weighted by Gasteiger charge is -2.40. The largest absolute Gasteiger partial charge is 0.338 e. The van der Waals surface area contributed by atoms with Crippen LogP contribution in [0.4, 0.5) is 0 Å². The van der Waals surface area contributed by atoms with Gasteiger partial charge in [-0.25, -0.2) is 9.67 Å². The minimum Gasteiger partial charge on any atom is -0.338 e. The number of aromatic nitrogens is 4. The molecule has 0 saturated carbocycles. The zero-order chi connectivity index (χ0) is 20.0. The van der Waals surface area contributed by atoms with E-state index in [9.17, 15) is 9.59 Å². The van der Waals surface area contributed by atoms with E-state index in [1.807, 2.05) is 48.4 Å². The van der Waals surface area contributed by atoms with E-state index < -0.39 is 0 Å². The van der Waals surface area contributed by atoms with Crippen LogP contribution >= 0.6 is 0 Å². The molecule has 1 amide bonds. The highest BCUT2D eigenvalue weighted by molar-refractivity contribution is 5.95. The minimum absolute atomic E-state index is 0.0214. The van der Waals surface area contributed by atoms with Crippen LogP contribution in [0.2, 0.25) is 0 Å². The first-order valence-electron chi connectivity index (χ1n) is 10.1. The second kappa shape index (κ2) is 6.69. The Morgan fingerprint density at radius 1 is 1.24 bits per heavy atom. The number of carbonyl (C=O) groups excluding carboxylic acids is 1. The summed E-state index contributed by atoms with van der Waals surface area (Å²) in [7, 11) is 0. The number of H-pyrrole nitrogens is 1. The van der Waals surface area contributed by atoms with Gasteiger partial charge in [-0.3, -0.25) is 9.59 Å². The molecule has 1 aliphatic heterocycles. The number of piperidine rings is 1. The summed E-state index contributed by atoms with van der Waals surface area (Å²) >= 11 is 0. The predicted molar refractivity (Wildman–Crippen MR) is 108 cm³/mol. The summed E-state index contributed by atoms with van der Waals surface area (Å²) in [5.41, 5.74) is 2.99. The van der Waals surface area contributed by atoms with Crippen LogP contribution < -0.4 is 5.56 Å². The fourth-order valence-electron chi connectivity index (χ4n) is 4.85. The summed E-state index contributed by atoms with van der Waals surface area (Å²) < 4.78 is 1.75. The molecule has 1 N–H and O–H groups in total. The van der Waals surface area contributed by atoms with E-state index >= 15 is 0 Å². The van der Waals surface area contributed by atoms with Gasteiger partial charge in [-0.05, 0) is 56.9 Å². The molecule has 1 unspecified atom stereocenters. The third-order valence-corrected chi connectivity index (χ3v) is 6.22. The molecule has 2 aromatic heterocycles. The van der Waals surface area contributed by atoms with E-state index in [4.69, 9.17) is 4.98 Å². The number of likely N-dealkylation sites (tertiary alicyclic amines) is 1. The lowest BCUT2D eigenvalue weighted by Crippen LogP contribution is -2.48. The topological polar surface area (TPSA) is 83.9 Å². The van der Waals surface area contributed by atoms with Crippen LogP contribution in [-0.2, 0) is 11.8 Å². The van der Waals surface area contributed by atoms with E-state index in [0.717, 1.165) is 49.2 Å². The molecule has 5 rings (SSSR count). The molecule has 3 heterocycles. The van der Waals surface area contributed by atoms with Gasteiger partial charge in [-0.15, -0.1) is 0 Å². The quantitative estimate of drug-likeness (QED) is 0.729. The zero-order valence-electron chi connectivity index (χ0n) is 16.4. The molecular weight excluding hydrogens is 366 g/mol. The molecule has 0 radical (unpaired) electrons. The lowest BCUT2D eigenvalue weighted by molar-refractivity contribution is 0.0633. The fourth-order valence-corrected chi connectivity index (χ4v) is 4.85. The van der Waals surface area contributed by atoms with E-state index in [0.29, 0.717) is 17.9 Å². The number of hydrogen-bond acceptors (Lipinski definition) is 4. The maximum absolute atomic E-state index is 13.3. The highest BCUT2D eigenvalue weighted by atomic mass is 16.2. The number of aryl methyl sites for hydroxylation is 1. The number of amides is 1. The van der Waals surface area contributed by atoms with Gasteiger partial charge in [-0.1, -0.05) is 6.07 Å². The summed E-state index contributed by atoms with van der Waals surface area (Å²) in [6.45, 7) is 3.16. The maximum Gasteiger partial charge on any atom is 0.254 e. The van der Waals surface area contributed by atoms with Gasteiger partial charge in [0.15, 0.2) is 0 Å². The maximum atomic E-state index is 13.3. The van der Waals surface area contributed by atoms with E-state index in [-0.39, 0.29) is 16.9 Å². The fraction of sp³-hybridized carbons (Fsp3) is 0.364. The molecule has 1 saturated heterocycles. The highest BCUT2D eigenvalue weighted by Crippen LogP contribution is 2.43. The van der Waals surface area contributed by atoms with Crippen LogP contribution in [-0.4, -0.2) is 43.6 Å². The smallest absolute Gasteiger partial charge is 0.254 e. The average molecular weight is 389 g/mol. The molecule has 0 bridgehead atoms. The van der Waals surface area contributed by atoms with Crippen molar-refractivity contribution in [2.75, 3.05) is 13.1 Å². The Bertz CT molecular complexity index is 1130. The number of nitrogens with one attached hydrogen (secondary N) is 1. The molecule has 1 atom stereocenters. The number of nitrogens with zero attached hydrogens (tertiary/aromatic N) is 4. The molecule has 7 nitrogen and oxygen atoms in total. The number of rotatable bonds is 2. The van der Waals surface area contributed by atoms with Crippen LogP contribution in [0.25, 0.3) is 5.69 Å². The van der Waals surface area contributed by atoms with Gasteiger partial charge >= 0.3 is 0 Å². The van der Waals surface area contributed by atoms with Crippen LogP contribution in [0, 0.1) is 6.92 Å². The number of hydrogen-bond donors (Lipinski definition) is 1. The van der Waals surface area contributed by atoms with Crippen molar-refractivity contribution in [3.63, 3.8) is 0 Å². The molecule has 1 spiro atoms. The summed E-state index contributed by atoms with van der Waals surface area (Å²) in [6.07, 6.45) is 7.07. The standard InChI is InChI=1S/C22H23N5O2/c1-15-24-19-18(20(28)25-15)7-9-22(19)8-3-11-26(14-22)21(29)16-5-2-6-17(13-16)27-12-4-10-23-27/h2,4-6,10,12-13H,3,7-9,11,14H2,1H3,(H,24,25,28). The molecular formula is C22H23N5O2. The number of aromatic amines is 1. The molecule has 2 aliphatic rings. The van der Waals surface area contributed by atoms with Gasteiger partial charge < -0.3 is 9.88 Å². The molecule has 3 aromatic rings. The van der Waals surface area contributed by atoms with Crippen molar-refractivity contribution in [2.24, 2.45) is 0 Å². The lowest BCUT2D eigenvalue weighted by atomic mass is 9.77. The first-order valence-corrected chi connectivity index (χ1v) is 10.1. The second-order valence-corrected chi connectivity index (χ2v) is 8.09. The molecule has 1 fully saturated rings.